The second-order valence-electron chi connectivity index (χ2n) is 1.61. The third-order valence-electron chi connectivity index (χ3n) is 1.02. The fourth-order valence-electron chi connectivity index (χ4n) is 0.515. The molecule has 0 radical (unpaired) electrons. The number of hydrogen-bond acceptors (Lipinski definition) is 4. The van der Waals surface area contributed by atoms with E-state index in [1.54, 1.807) is 23.5 Å². The first-order chi connectivity index (χ1) is 4.86. The minimum absolute atomic E-state index is 0.831. The van der Waals surface area contributed by atoms with Gasteiger partial charge >= 0.3 is 0 Å². The van der Waals surface area contributed by atoms with Crippen molar-refractivity contribution in [1.82, 2.24) is 9.97 Å². The molecule has 10 heavy (non-hydrogen) atoms. The first-order valence-corrected chi connectivity index (χ1v) is 5.22. The molecule has 0 N–H and O–H groups in total. The van der Waals surface area contributed by atoms with Gasteiger partial charge in [-0.3, -0.25) is 0 Å². The van der Waals surface area contributed by atoms with Crippen LogP contribution in [0.25, 0.3) is 0 Å². The largest absolute Gasteiger partial charge is 0.230 e. The smallest absolute Gasteiger partial charge is 0.187 e. The third kappa shape index (κ3) is 1.88. The SMILES string of the molecule is CSc1cnc(SC)nc1. The number of aromatic nitrogens is 2. The summed E-state index contributed by atoms with van der Waals surface area (Å²) < 4.78 is 0. The number of hydrogen-bond donors (Lipinski definition) is 0. The first-order valence-electron chi connectivity index (χ1n) is 2.77. The fourth-order valence-corrected chi connectivity index (χ4v) is 1.15. The zero-order chi connectivity index (χ0) is 7.40. The van der Waals surface area contributed by atoms with Crippen molar-refractivity contribution < 1.29 is 0 Å². The fraction of sp³-hybridized carbons (Fsp3) is 0.333. The molecule has 1 rings (SSSR count). The van der Waals surface area contributed by atoms with Crippen LogP contribution in [0.3, 0.4) is 0 Å². The molecular formula is C6H8N2S2. The Morgan fingerprint density at radius 2 is 1.70 bits per heavy atom. The molecule has 1 aromatic rings. The van der Waals surface area contributed by atoms with Crippen molar-refractivity contribution in [2.24, 2.45) is 0 Å². The summed E-state index contributed by atoms with van der Waals surface area (Å²) in [6.07, 6.45) is 7.65. The summed E-state index contributed by atoms with van der Waals surface area (Å²) in [7, 11) is 0. The number of thioether (sulfide) groups is 2. The molecule has 0 unspecified atom stereocenters. The monoisotopic (exact) mass is 172 g/mol. The molecule has 0 saturated carbocycles. The molecule has 0 aliphatic heterocycles. The minimum atomic E-state index is 0.831. The number of rotatable bonds is 2. The van der Waals surface area contributed by atoms with E-state index in [9.17, 15) is 0 Å². The van der Waals surface area contributed by atoms with E-state index < -0.39 is 0 Å². The Bertz CT molecular complexity index is 174. The summed E-state index contributed by atoms with van der Waals surface area (Å²) in [6, 6.07) is 0. The Labute approximate surface area is 68.8 Å². The number of nitrogens with zero attached hydrogens (tertiary/aromatic N) is 2. The van der Waals surface area contributed by atoms with Gasteiger partial charge in [-0.25, -0.2) is 9.97 Å². The van der Waals surface area contributed by atoms with Gasteiger partial charge in [0.05, 0.1) is 0 Å². The predicted molar refractivity (Wildman–Crippen MR) is 45.6 cm³/mol. The molecule has 1 aromatic heterocycles. The summed E-state index contributed by atoms with van der Waals surface area (Å²) in [5.41, 5.74) is 0. The van der Waals surface area contributed by atoms with Gasteiger partial charge in [-0.1, -0.05) is 11.8 Å². The predicted octanol–water partition coefficient (Wildman–Crippen LogP) is 1.92. The molecule has 0 spiro atoms. The van der Waals surface area contributed by atoms with E-state index in [4.69, 9.17) is 0 Å². The van der Waals surface area contributed by atoms with Gasteiger partial charge in [0.1, 0.15) is 0 Å². The van der Waals surface area contributed by atoms with Gasteiger partial charge in [0.2, 0.25) is 0 Å². The standard InChI is InChI=1S/C6H8N2S2/c1-9-5-3-7-6(10-2)8-4-5/h3-4H,1-2H3. The Kier molecular flexibility index (Phi) is 3.02. The van der Waals surface area contributed by atoms with Gasteiger partial charge in [0, 0.05) is 17.3 Å². The average molecular weight is 172 g/mol. The van der Waals surface area contributed by atoms with Crippen molar-refractivity contribution in [3.63, 3.8) is 0 Å². The van der Waals surface area contributed by atoms with E-state index in [-0.39, 0.29) is 0 Å². The Morgan fingerprint density at radius 3 is 2.10 bits per heavy atom. The van der Waals surface area contributed by atoms with Gasteiger partial charge in [-0.2, -0.15) is 0 Å². The Balaban J connectivity index is 2.80. The lowest BCUT2D eigenvalue weighted by Crippen LogP contribution is -1.83. The van der Waals surface area contributed by atoms with Crippen LogP contribution < -0.4 is 0 Å². The van der Waals surface area contributed by atoms with Crippen LogP contribution in [0.15, 0.2) is 22.4 Å². The average Bonchev–Trinajstić information content (AvgIpc) is 2.05. The van der Waals surface area contributed by atoms with Crippen molar-refractivity contribution >= 4 is 23.5 Å². The molecule has 1 heterocycles. The van der Waals surface area contributed by atoms with Crippen LogP contribution in [0.4, 0.5) is 0 Å². The molecule has 0 aliphatic rings. The van der Waals surface area contributed by atoms with Crippen molar-refractivity contribution in [1.29, 1.82) is 0 Å². The molecule has 0 aliphatic carbocycles. The van der Waals surface area contributed by atoms with Crippen molar-refractivity contribution in [2.75, 3.05) is 12.5 Å². The quantitative estimate of drug-likeness (QED) is 0.503. The molecule has 0 saturated heterocycles. The van der Waals surface area contributed by atoms with E-state index >= 15 is 0 Å². The van der Waals surface area contributed by atoms with E-state index in [0.29, 0.717) is 0 Å². The van der Waals surface area contributed by atoms with Crippen LogP contribution in [0, 0.1) is 0 Å². The van der Waals surface area contributed by atoms with Crippen LogP contribution in [0.5, 0.6) is 0 Å². The van der Waals surface area contributed by atoms with Crippen LogP contribution >= 0.6 is 23.5 Å². The summed E-state index contributed by atoms with van der Waals surface area (Å²) in [4.78, 5) is 9.31. The maximum Gasteiger partial charge on any atom is 0.187 e. The molecule has 2 nitrogen and oxygen atoms in total. The van der Waals surface area contributed by atoms with E-state index in [1.807, 2.05) is 24.9 Å². The van der Waals surface area contributed by atoms with Gasteiger partial charge in [-0.05, 0) is 12.5 Å². The molecular weight excluding hydrogens is 164 g/mol. The van der Waals surface area contributed by atoms with Gasteiger partial charge in [0.15, 0.2) is 5.16 Å². The maximum atomic E-state index is 4.10. The lowest BCUT2D eigenvalue weighted by Gasteiger charge is -1.94. The maximum absolute atomic E-state index is 4.10. The summed E-state index contributed by atoms with van der Waals surface area (Å²) in [5, 5.41) is 0.831. The molecule has 4 heteroatoms. The van der Waals surface area contributed by atoms with Crippen LogP contribution in [0.2, 0.25) is 0 Å². The molecule has 0 amide bonds. The minimum Gasteiger partial charge on any atom is -0.230 e. The Morgan fingerprint density at radius 1 is 1.10 bits per heavy atom. The highest BCUT2D eigenvalue weighted by Gasteiger charge is 1.92. The van der Waals surface area contributed by atoms with Gasteiger partial charge in [0.25, 0.3) is 0 Å². The highest BCUT2D eigenvalue weighted by molar-refractivity contribution is 7.98. The Hall–Kier alpha value is -0.220. The topological polar surface area (TPSA) is 25.8 Å². The van der Waals surface area contributed by atoms with Crippen LogP contribution in [0.1, 0.15) is 0 Å². The highest BCUT2D eigenvalue weighted by Crippen LogP contribution is 2.13. The highest BCUT2D eigenvalue weighted by atomic mass is 32.2. The normalized spacial score (nSPS) is 9.80. The molecule has 54 valence electrons. The van der Waals surface area contributed by atoms with Gasteiger partial charge < -0.3 is 0 Å². The summed E-state index contributed by atoms with van der Waals surface area (Å²) in [5.74, 6) is 0. The molecule has 0 aromatic carbocycles. The lowest BCUT2D eigenvalue weighted by atomic mass is 10.7. The zero-order valence-electron chi connectivity index (χ0n) is 5.87. The zero-order valence-corrected chi connectivity index (χ0v) is 7.50. The van der Waals surface area contributed by atoms with Crippen molar-refractivity contribution in [2.45, 2.75) is 10.1 Å². The van der Waals surface area contributed by atoms with Gasteiger partial charge in [-0.15, -0.1) is 11.8 Å². The second-order valence-corrected chi connectivity index (χ2v) is 3.26. The van der Waals surface area contributed by atoms with E-state index in [0.717, 1.165) is 10.1 Å². The van der Waals surface area contributed by atoms with Crippen LogP contribution in [-0.2, 0) is 0 Å². The summed E-state index contributed by atoms with van der Waals surface area (Å²) >= 11 is 3.21. The van der Waals surface area contributed by atoms with Crippen molar-refractivity contribution in [3.8, 4) is 0 Å². The van der Waals surface area contributed by atoms with E-state index in [2.05, 4.69) is 9.97 Å². The van der Waals surface area contributed by atoms with Crippen molar-refractivity contribution in [3.05, 3.63) is 12.4 Å². The molecule has 0 atom stereocenters. The third-order valence-corrected chi connectivity index (χ3v) is 2.28. The molecule has 0 bridgehead atoms. The summed E-state index contributed by atoms with van der Waals surface area (Å²) in [6.45, 7) is 0. The molecule has 0 fully saturated rings. The second kappa shape index (κ2) is 3.83. The van der Waals surface area contributed by atoms with E-state index in [1.165, 1.54) is 0 Å². The first kappa shape index (κ1) is 7.88. The lowest BCUT2D eigenvalue weighted by molar-refractivity contribution is 0.933. The van der Waals surface area contributed by atoms with Crippen LogP contribution in [-0.4, -0.2) is 22.5 Å².